The van der Waals surface area contributed by atoms with Gasteiger partial charge in [-0.3, -0.25) is 0 Å². The first kappa shape index (κ1) is 23.5. The first-order valence-corrected chi connectivity index (χ1v) is 12.2. The summed E-state index contributed by atoms with van der Waals surface area (Å²) in [7, 11) is 0. The van der Waals surface area contributed by atoms with E-state index in [0.717, 1.165) is 56.0 Å². The number of piperidine rings is 1. The highest BCUT2D eigenvalue weighted by atomic mass is 35.5. The van der Waals surface area contributed by atoms with Crippen molar-refractivity contribution in [3.8, 4) is 0 Å². The lowest BCUT2D eigenvalue weighted by molar-refractivity contribution is -0.0258. The first-order valence-electron chi connectivity index (χ1n) is 11.0. The number of hydrogen-bond donors (Lipinski definition) is 1. The maximum atomic E-state index is 11.1. The second-order valence-electron chi connectivity index (χ2n) is 8.43. The molecule has 32 heavy (non-hydrogen) atoms. The number of benzene rings is 3. The maximum absolute atomic E-state index is 11.1. The molecule has 0 bridgehead atoms. The maximum Gasteiger partial charge on any atom is 0.0920 e. The van der Waals surface area contributed by atoms with E-state index in [2.05, 4.69) is 46.2 Å². The Kier molecular flexibility index (Phi) is 7.38. The largest absolute Gasteiger partial charge is 0.385 e. The smallest absolute Gasteiger partial charge is 0.0920 e. The van der Waals surface area contributed by atoms with Crippen LogP contribution in [0.15, 0.2) is 82.6 Å². The van der Waals surface area contributed by atoms with Crippen molar-refractivity contribution in [1.82, 2.24) is 4.90 Å². The molecule has 2 aliphatic heterocycles. The van der Waals surface area contributed by atoms with Crippen molar-refractivity contribution in [2.45, 2.75) is 34.7 Å². The third-order valence-corrected chi connectivity index (χ3v) is 7.80. The Labute approximate surface area is 205 Å². The van der Waals surface area contributed by atoms with Crippen molar-refractivity contribution in [3.63, 3.8) is 0 Å². The van der Waals surface area contributed by atoms with Gasteiger partial charge in [-0.1, -0.05) is 65.8 Å². The average molecular weight is 487 g/mol. The Bertz CT molecular complexity index is 1050. The third kappa shape index (κ3) is 4.80. The van der Waals surface area contributed by atoms with Crippen molar-refractivity contribution < 1.29 is 5.11 Å². The van der Waals surface area contributed by atoms with Crippen LogP contribution in [0, 0.1) is 0 Å². The number of nitrogens with zero attached hydrogens (tertiary/aromatic N) is 2. The minimum absolute atomic E-state index is 0. The molecule has 168 valence electrons. The van der Waals surface area contributed by atoms with Gasteiger partial charge in [0.15, 0.2) is 0 Å². The van der Waals surface area contributed by atoms with Crippen LogP contribution < -0.4 is 4.90 Å². The summed E-state index contributed by atoms with van der Waals surface area (Å²) < 4.78 is 0. The van der Waals surface area contributed by atoms with Gasteiger partial charge in [-0.25, -0.2) is 0 Å². The summed E-state index contributed by atoms with van der Waals surface area (Å²) >= 11 is 8.15. The molecule has 1 saturated heterocycles. The van der Waals surface area contributed by atoms with E-state index in [1.54, 1.807) is 0 Å². The molecule has 3 nitrogen and oxygen atoms in total. The molecule has 0 saturated carbocycles. The predicted octanol–water partition coefficient (Wildman–Crippen LogP) is 6.74. The van der Waals surface area contributed by atoms with Crippen LogP contribution in [0.3, 0.4) is 0 Å². The van der Waals surface area contributed by atoms with Gasteiger partial charge < -0.3 is 14.9 Å². The van der Waals surface area contributed by atoms with E-state index < -0.39 is 5.60 Å². The molecular weight excluding hydrogens is 459 g/mol. The number of aliphatic hydroxyl groups is 1. The molecule has 3 aromatic carbocycles. The lowest BCUT2D eigenvalue weighted by Crippen LogP contribution is -2.43. The fourth-order valence-corrected chi connectivity index (χ4v) is 5.92. The van der Waals surface area contributed by atoms with Crippen LogP contribution in [0.25, 0.3) is 0 Å². The summed E-state index contributed by atoms with van der Waals surface area (Å²) in [5, 5.41) is 11.9. The molecule has 2 heterocycles. The van der Waals surface area contributed by atoms with Crippen LogP contribution in [0.4, 0.5) is 11.4 Å². The fraction of sp³-hybridized carbons (Fsp3) is 0.308. The normalized spacial score (nSPS) is 17.2. The topological polar surface area (TPSA) is 26.7 Å². The van der Waals surface area contributed by atoms with Crippen molar-refractivity contribution in [1.29, 1.82) is 0 Å². The molecule has 3 aromatic rings. The van der Waals surface area contributed by atoms with Crippen molar-refractivity contribution >= 4 is 47.1 Å². The van der Waals surface area contributed by atoms with Crippen LogP contribution in [-0.2, 0) is 5.60 Å². The van der Waals surface area contributed by atoms with Gasteiger partial charge >= 0.3 is 0 Å². The Hall–Kier alpha value is -1.69. The third-order valence-electron chi connectivity index (χ3n) is 6.44. The van der Waals surface area contributed by atoms with Crippen LogP contribution in [0.2, 0.25) is 5.02 Å². The average Bonchev–Trinajstić information content (AvgIpc) is 2.81. The number of para-hydroxylation sites is 1. The van der Waals surface area contributed by atoms with Gasteiger partial charge in [0.1, 0.15) is 0 Å². The summed E-state index contributed by atoms with van der Waals surface area (Å²) in [6, 6.07) is 24.9. The van der Waals surface area contributed by atoms with Crippen molar-refractivity contribution in [3.05, 3.63) is 83.4 Å². The van der Waals surface area contributed by atoms with Gasteiger partial charge in [0.25, 0.3) is 0 Å². The highest BCUT2D eigenvalue weighted by Gasteiger charge is 2.33. The number of hydrogen-bond acceptors (Lipinski definition) is 4. The van der Waals surface area contributed by atoms with E-state index in [0.29, 0.717) is 0 Å². The second-order valence-corrected chi connectivity index (χ2v) is 9.95. The van der Waals surface area contributed by atoms with Crippen LogP contribution >= 0.6 is 35.8 Å². The van der Waals surface area contributed by atoms with E-state index in [1.165, 1.54) is 21.2 Å². The molecule has 0 spiro atoms. The van der Waals surface area contributed by atoms with E-state index >= 15 is 0 Å². The zero-order valence-corrected chi connectivity index (χ0v) is 20.3. The Morgan fingerprint density at radius 3 is 2.31 bits per heavy atom. The van der Waals surface area contributed by atoms with E-state index in [1.807, 2.05) is 48.2 Å². The number of rotatable bonds is 5. The molecule has 0 aliphatic carbocycles. The van der Waals surface area contributed by atoms with Gasteiger partial charge in [0.2, 0.25) is 0 Å². The molecule has 0 atom stereocenters. The van der Waals surface area contributed by atoms with Gasteiger partial charge in [-0.15, -0.1) is 12.4 Å². The van der Waals surface area contributed by atoms with Crippen molar-refractivity contribution in [2.75, 3.05) is 31.1 Å². The molecular formula is C26H28Cl2N2OS. The number of likely N-dealkylation sites (tertiary alicyclic amines) is 1. The lowest BCUT2D eigenvalue weighted by Gasteiger charge is -2.39. The van der Waals surface area contributed by atoms with Gasteiger partial charge in [0.05, 0.1) is 17.0 Å². The Morgan fingerprint density at radius 1 is 0.844 bits per heavy atom. The molecule has 0 unspecified atom stereocenters. The summed E-state index contributed by atoms with van der Waals surface area (Å²) in [5.41, 5.74) is 2.83. The van der Waals surface area contributed by atoms with E-state index in [4.69, 9.17) is 11.6 Å². The first-order chi connectivity index (χ1) is 15.1. The second kappa shape index (κ2) is 10.1. The zero-order valence-electron chi connectivity index (χ0n) is 17.9. The van der Waals surface area contributed by atoms with Gasteiger partial charge in [-0.05, 0) is 61.7 Å². The highest BCUT2D eigenvalue weighted by Crippen LogP contribution is 2.48. The minimum atomic E-state index is -0.684. The summed E-state index contributed by atoms with van der Waals surface area (Å²) in [4.78, 5) is 7.45. The van der Waals surface area contributed by atoms with Gasteiger partial charge in [0, 0.05) is 34.4 Å². The molecule has 0 aromatic heterocycles. The monoisotopic (exact) mass is 486 g/mol. The number of fused-ring (bicyclic) bond motifs is 2. The molecule has 1 fully saturated rings. The van der Waals surface area contributed by atoms with Crippen LogP contribution in [0.1, 0.15) is 24.8 Å². The van der Waals surface area contributed by atoms with Crippen LogP contribution in [0.5, 0.6) is 0 Å². The SMILES string of the molecule is Cl.OC1(c2ccccc2)CCN(CCCN2c3ccccc3Sc3ccc(Cl)cc32)CC1. The lowest BCUT2D eigenvalue weighted by atomic mass is 9.84. The molecule has 1 N–H and O–H groups in total. The molecule has 6 heteroatoms. The Morgan fingerprint density at radius 2 is 1.53 bits per heavy atom. The van der Waals surface area contributed by atoms with Gasteiger partial charge in [-0.2, -0.15) is 0 Å². The number of anilines is 2. The quantitative estimate of drug-likeness (QED) is 0.431. The van der Waals surface area contributed by atoms with E-state index in [-0.39, 0.29) is 12.4 Å². The summed E-state index contributed by atoms with van der Waals surface area (Å²) in [5.74, 6) is 0. The Balaban J connectivity index is 0.00000245. The molecule has 2 aliphatic rings. The van der Waals surface area contributed by atoms with Crippen molar-refractivity contribution in [2.24, 2.45) is 0 Å². The summed E-state index contributed by atoms with van der Waals surface area (Å²) in [6.45, 7) is 3.84. The summed E-state index contributed by atoms with van der Waals surface area (Å²) in [6.07, 6.45) is 2.64. The highest BCUT2D eigenvalue weighted by molar-refractivity contribution is 7.99. The molecule has 5 rings (SSSR count). The van der Waals surface area contributed by atoms with Crippen LogP contribution in [-0.4, -0.2) is 36.2 Å². The molecule has 0 amide bonds. The minimum Gasteiger partial charge on any atom is -0.385 e. The fourth-order valence-electron chi connectivity index (χ4n) is 4.68. The molecule has 0 radical (unpaired) electrons. The number of halogens is 2. The van der Waals surface area contributed by atoms with E-state index in [9.17, 15) is 5.11 Å². The predicted molar refractivity (Wildman–Crippen MR) is 137 cm³/mol. The standard InChI is InChI=1S/C26H27ClN2OS.ClH/c27-21-11-12-25-23(19-21)29(22-9-4-5-10-24(22)31-25)16-6-15-28-17-13-26(30,14-18-28)20-7-2-1-3-8-20;/h1-5,7-12,19,30H,6,13-18H2;1H. The zero-order chi connectivity index (χ0) is 21.3.